The summed E-state index contributed by atoms with van der Waals surface area (Å²) in [5.74, 6) is -0.909. The van der Waals surface area contributed by atoms with Gasteiger partial charge in [-0.2, -0.15) is 0 Å². The Bertz CT molecular complexity index is 518. The number of nitrogens with one attached hydrogen (secondary N) is 1. The van der Waals surface area contributed by atoms with E-state index in [2.05, 4.69) is 5.32 Å². The largest absolute Gasteiger partial charge is 0.348 e. The Balaban J connectivity index is 0.00000400. The number of rotatable bonds is 3. The second kappa shape index (κ2) is 7.63. The number of hydrogen-bond donors (Lipinski definition) is 2. The van der Waals surface area contributed by atoms with Crippen molar-refractivity contribution in [2.24, 2.45) is 11.1 Å². The summed E-state index contributed by atoms with van der Waals surface area (Å²) in [4.78, 5) is 12.1. The van der Waals surface area contributed by atoms with Gasteiger partial charge in [0.05, 0.1) is 17.1 Å². The molecule has 7 heteroatoms. The van der Waals surface area contributed by atoms with Gasteiger partial charge in [-0.3, -0.25) is 4.79 Å². The minimum absolute atomic E-state index is 0. The first-order valence-corrected chi connectivity index (χ1v) is 7.00. The number of hydrogen-bond acceptors (Lipinski definition) is 2. The van der Waals surface area contributed by atoms with Gasteiger partial charge < -0.3 is 11.1 Å². The van der Waals surface area contributed by atoms with Crippen molar-refractivity contribution in [1.82, 2.24) is 5.32 Å². The normalized spacial score (nSPS) is 14.1. The Morgan fingerprint density at radius 3 is 2.33 bits per heavy atom. The van der Waals surface area contributed by atoms with Crippen LogP contribution in [0.25, 0.3) is 0 Å². The van der Waals surface area contributed by atoms with Gasteiger partial charge in [-0.15, -0.1) is 12.4 Å². The van der Waals surface area contributed by atoms with E-state index in [0.29, 0.717) is 10.6 Å². The highest BCUT2D eigenvalue weighted by atomic mass is 35.5. The number of benzene rings is 1. The van der Waals surface area contributed by atoms with E-state index in [-0.39, 0.29) is 28.8 Å². The highest BCUT2D eigenvalue weighted by Gasteiger charge is 2.29. The monoisotopic (exact) mass is 356 g/mol. The van der Waals surface area contributed by atoms with Crippen LogP contribution < -0.4 is 11.1 Å². The SMILES string of the molecule is CC(NC(=O)[C@@H](N)C(C)(C)C)c1c(Cl)ccc(F)c1Cl.Cl. The first-order chi connectivity index (χ1) is 9.05. The molecule has 0 aliphatic heterocycles. The predicted molar refractivity (Wildman–Crippen MR) is 87.7 cm³/mol. The number of carbonyl (C=O) groups excluding carboxylic acids is 1. The number of carbonyl (C=O) groups is 1. The zero-order chi connectivity index (χ0) is 15.7. The molecule has 0 fully saturated rings. The molecule has 120 valence electrons. The smallest absolute Gasteiger partial charge is 0.237 e. The lowest BCUT2D eigenvalue weighted by molar-refractivity contribution is -0.125. The van der Waals surface area contributed by atoms with Crippen molar-refractivity contribution in [3.05, 3.63) is 33.6 Å². The lowest BCUT2D eigenvalue weighted by Gasteiger charge is -2.28. The Hall–Kier alpha value is -0.550. The van der Waals surface area contributed by atoms with Crippen LogP contribution in [0, 0.1) is 11.2 Å². The van der Waals surface area contributed by atoms with Gasteiger partial charge in [-0.05, 0) is 24.5 Å². The van der Waals surface area contributed by atoms with Crippen LogP contribution in [0.1, 0.15) is 39.3 Å². The fourth-order valence-corrected chi connectivity index (χ4v) is 2.41. The molecule has 1 aromatic rings. The Labute approximate surface area is 140 Å². The molecule has 0 spiro atoms. The molecule has 0 saturated carbocycles. The van der Waals surface area contributed by atoms with E-state index < -0.39 is 17.9 Å². The zero-order valence-electron chi connectivity index (χ0n) is 12.3. The second-order valence-corrected chi connectivity index (χ2v) is 6.62. The molecule has 3 nitrogen and oxygen atoms in total. The molecule has 2 atom stereocenters. The van der Waals surface area contributed by atoms with Gasteiger partial charge in [0, 0.05) is 10.6 Å². The molecule has 0 bridgehead atoms. The van der Waals surface area contributed by atoms with Crippen molar-refractivity contribution in [3.63, 3.8) is 0 Å². The number of halogens is 4. The standard InChI is InChI=1S/C14H19Cl2FN2O.ClH/c1-7(19-13(20)12(18)14(2,3)4)10-8(15)5-6-9(17)11(10)16;/h5-7,12H,18H2,1-4H3,(H,19,20);1H/t7?,12-;/m1./s1. The lowest BCUT2D eigenvalue weighted by Crippen LogP contribution is -2.49. The summed E-state index contributed by atoms with van der Waals surface area (Å²) in [6.07, 6.45) is 0. The molecule has 1 amide bonds. The minimum atomic E-state index is -0.684. The summed E-state index contributed by atoms with van der Waals surface area (Å²) in [6, 6.07) is 1.37. The molecule has 0 saturated heterocycles. The minimum Gasteiger partial charge on any atom is -0.348 e. The Morgan fingerprint density at radius 2 is 1.86 bits per heavy atom. The molecule has 1 aromatic carbocycles. The van der Waals surface area contributed by atoms with Gasteiger partial charge in [0.15, 0.2) is 0 Å². The first-order valence-electron chi connectivity index (χ1n) is 6.25. The van der Waals surface area contributed by atoms with Crippen LogP contribution in [-0.4, -0.2) is 11.9 Å². The average molecular weight is 358 g/mol. The van der Waals surface area contributed by atoms with Crippen molar-refractivity contribution >= 4 is 41.5 Å². The van der Waals surface area contributed by atoms with Gasteiger partial charge >= 0.3 is 0 Å². The van der Waals surface area contributed by atoms with E-state index in [1.54, 1.807) is 6.92 Å². The molecule has 0 aromatic heterocycles. The summed E-state index contributed by atoms with van der Waals surface area (Å²) >= 11 is 11.9. The molecule has 0 aliphatic rings. The van der Waals surface area contributed by atoms with Crippen LogP contribution in [0.2, 0.25) is 10.0 Å². The van der Waals surface area contributed by atoms with Crippen LogP contribution in [0.4, 0.5) is 4.39 Å². The highest BCUT2D eigenvalue weighted by Crippen LogP contribution is 2.32. The van der Waals surface area contributed by atoms with Crippen LogP contribution >= 0.6 is 35.6 Å². The lowest BCUT2D eigenvalue weighted by atomic mass is 9.86. The number of amides is 1. The molecule has 21 heavy (non-hydrogen) atoms. The summed E-state index contributed by atoms with van der Waals surface area (Å²) in [5, 5.41) is 2.92. The van der Waals surface area contributed by atoms with Crippen LogP contribution in [0.5, 0.6) is 0 Å². The quantitative estimate of drug-likeness (QED) is 0.800. The van der Waals surface area contributed by atoms with Gasteiger partial charge in [0.1, 0.15) is 5.82 Å². The molecule has 0 heterocycles. The fraction of sp³-hybridized carbons (Fsp3) is 0.500. The van der Waals surface area contributed by atoms with Gasteiger partial charge in [0.25, 0.3) is 0 Å². The van der Waals surface area contributed by atoms with E-state index in [0.717, 1.165) is 0 Å². The maximum atomic E-state index is 13.5. The third-order valence-electron chi connectivity index (χ3n) is 3.09. The fourth-order valence-electron chi connectivity index (χ4n) is 1.71. The maximum Gasteiger partial charge on any atom is 0.237 e. The summed E-state index contributed by atoms with van der Waals surface area (Å²) in [6.45, 7) is 7.28. The molecule has 1 rings (SSSR count). The van der Waals surface area contributed by atoms with Crippen molar-refractivity contribution in [2.45, 2.75) is 39.8 Å². The van der Waals surface area contributed by atoms with E-state index in [1.165, 1.54) is 12.1 Å². The first kappa shape index (κ1) is 20.5. The summed E-state index contributed by atoms with van der Waals surface area (Å²) in [7, 11) is 0. The van der Waals surface area contributed by atoms with Crippen molar-refractivity contribution in [2.75, 3.05) is 0 Å². The zero-order valence-corrected chi connectivity index (χ0v) is 14.7. The summed E-state index contributed by atoms with van der Waals surface area (Å²) < 4.78 is 13.5. The average Bonchev–Trinajstić information content (AvgIpc) is 2.32. The van der Waals surface area contributed by atoms with Crippen LogP contribution in [0.3, 0.4) is 0 Å². The van der Waals surface area contributed by atoms with Crippen molar-refractivity contribution in [1.29, 1.82) is 0 Å². The van der Waals surface area contributed by atoms with Gasteiger partial charge in [-0.1, -0.05) is 44.0 Å². The second-order valence-electron chi connectivity index (χ2n) is 5.83. The Morgan fingerprint density at radius 1 is 1.33 bits per heavy atom. The molecule has 3 N–H and O–H groups in total. The topological polar surface area (TPSA) is 55.1 Å². The van der Waals surface area contributed by atoms with Crippen molar-refractivity contribution < 1.29 is 9.18 Å². The van der Waals surface area contributed by atoms with Gasteiger partial charge in [0.2, 0.25) is 5.91 Å². The molecular formula is C14H20Cl3FN2O. The Kier molecular flexibility index (Phi) is 7.43. The predicted octanol–water partition coefficient (Wildman–Crippen LogP) is 4.10. The molecule has 1 unspecified atom stereocenters. The van der Waals surface area contributed by atoms with E-state index in [9.17, 15) is 9.18 Å². The van der Waals surface area contributed by atoms with E-state index in [1.807, 2.05) is 20.8 Å². The molecule has 0 aliphatic carbocycles. The van der Waals surface area contributed by atoms with Crippen LogP contribution in [0.15, 0.2) is 12.1 Å². The highest BCUT2D eigenvalue weighted by molar-refractivity contribution is 6.36. The van der Waals surface area contributed by atoms with Gasteiger partial charge in [-0.25, -0.2) is 4.39 Å². The third-order valence-corrected chi connectivity index (χ3v) is 3.80. The maximum absolute atomic E-state index is 13.5. The van der Waals surface area contributed by atoms with E-state index >= 15 is 0 Å². The number of nitrogens with two attached hydrogens (primary N) is 1. The molecule has 0 radical (unpaired) electrons. The van der Waals surface area contributed by atoms with E-state index in [4.69, 9.17) is 28.9 Å². The third kappa shape index (κ3) is 4.99. The van der Waals surface area contributed by atoms with Crippen LogP contribution in [-0.2, 0) is 4.79 Å². The van der Waals surface area contributed by atoms with Crippen molar-refractivity contribution in [3.8, 4) is 0 Å². The summed E-state index contributed by atoms with van der Waals surface area (Å²) in [5.41, 5.74) is 5.85. The molecular weight excluding hydrogens is 338 g/mol.